The van der Waals surface area contributed by atoms with Gasteiger partial charge in [-0.2, -0.15) is 20.4 Å². The van der Waals surface area contributed by atoms with Gasteiger partial charge in [-0.05, 0) is 90.4 Å². The molecule has 0 saturated heterocycles. The number of allylic oxidation sites excluding steroid dienone is 17. The molecule has 7 nitrogen and oxygen atoms in total. The molecule has 8 aliphatic rings. The second-order valence-corrected chi connectivity index (χ2v) is 47.2. The van der Waals surface area contributed by atoms with Crippen molar-refractivity contribution < 1.29 is 0 Å². The third-order valence-electron chi connectivity index (χ3n) is 20.1. The fourth-order valence-electron chi connectivity index (χ4n) is 11.9. The van der Waals surface area contributed by atoms with E-state index in [1.807, 2.05) is 6.21 Å². The Hall–Kier alpha value is -4.65. The summed E-state index contributed by atoms with van der Waals surface area (Å²) in [6, 6.07) is 0. The number of rotatable bonds is 0. The lowest BCUT2D eigenvalue weighted by Gasteiger charge is -2.31. The molecule has 0 radical (unpaired) electrons. The lowest BCUT2D eigenvalue weighted by atomic mass is 9.74. The topological polar surface area (TPSA) is 86.5 Å². The first-order valence-corrected chi connectivity index (χ1v) is 40.1. The Kier molecular flexibility index (Phi) is 32.7. The van der Waals surface area contributed by atoms with Crippen molar-refractivity contribution in [3.05, 3.63) is 105 Å². The van der Waals surface area contributed by atoms with E-state index in [-0.39, 0.29) is 54.1 Å². The highest BCUT2D eigenvalue weighted by molar-refractivity contribution is 6.12. The lowest BCUT2D eigenvalue weighted by Crippen LogP contribution is -2.25. The van der Waals surface area contributed by atoms with Crippen LogP contribution in [-0.2, 0) is 0 Å². The molecule has 0 fully saturated rings. The molecule has 592 valence electrons. The zero-order valence-corrected chi connectivity index (χ0v) is 78.0. The van der Waals surface area contributed by atoms with Crippen LogP contribution in [0, 0.1) is 86.6 Å². The van der Waals surface area contributed by atoms with Gasteiger partial charge in [0, 0.05) is 111 Å². The second-order valence-electron chi connectivity index (χ2n) is 47.2. The molecule has 0 N–H and O–H groups in total. The van der Waals surface area contributed by atoms with Crippen LogP contribution in [0.5, 0.6) is 0 Å². The van der Waals surface area contributed by atoms with E-state index in [0.717, 1.165) is 44.9 Å². The molecular weight excluding hydrogens is 1260 g/mol. The van der Waals surface area contributed by atoms with Crippen LogP contribution in [0.15, 0.2) is 140 Å². The third kappa shape index (κ3) is 33.1. The molecule has 3 aliphatic carbocycles. The monoisotopic (exact) mass is 1430 g/mol. The maximum atomic E-state index is 4.71. The zero-order valence-electron chi connectivity index (χ0n) is 78.0. The molecule has 0 aromatic carbocycles. The summed E-state index contributed by atoms with van der Waals surface area (Å²) in [4.78, 5) is 13.7. The highest BCUT2D eigenvalue weighted by atomic mass is 15.2. The molecular formula is C97H169N7. The van der Waals surface area contributed by atoms with E-state index in [2.05, 4.69) is 411 Å². The Balaban J connectivity index is 0.000000594. The molecule has 5 heterocycles. The van der Waals surface area contributed by atoms with Gasteiger partial charge >= 0.3 is 0 Å². The van der Waals surface area contributed by atoms with Gasteiger partial charge in [-0.25, -0.2) is 0 Å². The molecule has 7 heteroatoms. The molecule has 0 aromatic heterocycles. The Morgan fingerprint density at radius 1 is 0.260 bits per heavy atom. The fraction of sp³-hybridized carbons (Fsp3) is 0.742. The number of hydrogen-bond acceptors (Lipinski definition) is 7. The fourth-order valence-corrected chi connectivity index (χ4v) is 11.9. The normalized spacial score (nSPS) is 18.6. The summed E-state index contributed by atoms with van der Waals surface area (Å²) in [5, 5.41) is 17.0. The summed E-state index contributed by atoms with van der Waals surface area (Å²) in [6.45, 7) is 108. The van der Waals surface area contributed by atoms with E-state index in [0.29, 0.717) is 32.5 Å². The highest BCUT2D eigenvalue weighted by Gasteiger charge is 2.36. The summed E-state index contributed by atoms with van der Waals surface area (Å²) < 4.78 is 0. The number of hydrogen-bond donors (Lipinski definition) is 0. The van der Waals surface area contributed by atoms with Crippen molar-refractivity contribution in [2.75, 3.05) is 0 Å². The van der Waals surface area contributed by atoms with Crippen LogP contribution in [0.4, 0.5) is 0 Å². The van der Waals surface area contributed by atoms with E-state index in [1.54, 1.807) is 27.9 Å². The minimum atomic E-state index is 0.163. The summed E-state index contributed by atoms with van der Waals surface area (Å²) in [5.41, 5.74) is 26.2. The third-order valence-corrected chi connectivity index (χ3v) is 20.1. The van der Waals surface area contributed by atoms with E-state index in [4.69, 9.17) is 4.99 Å². The average Bonchev–Trinajstić information content (AvgIpc) is 1.63. The molecule has 0 spiro atoms. The van der Waals surface area contributed by atoms with Crippen molar-refractivity contribution in [2.45, 2.75) is 384 Å². The smallest absolute Gasteiger partial charge is 0.0516 e. The minimum absolute atomic E-state index is 0.163. The Bertz CT molecular complexity index is 3000. The van der Waals surface area contributed by atoms with Gasteiger partial charge in [0.15, 0.2) is 0 Å². The van der Waals surface area contributed by atoms with Gasteiger partial charge < -0.3 is 0 Å². The standard InChI is InChI=1S/3C13H22.3C12H21N.2C11H20N2/c2*1-12(2,3)10-7-8-11(9-10)13(4,5)6;1-12(2,3)10-8-7-9-11(10)13(4,5)6;1-11(2,3)9-7-10(13-8-9)12(4,5)6;1-11(2,3)9-7-8-13-10(9)12(4,5)6;1-11(2,3)9-7-8-10(13-9)12(4,5)6;2*1-10(2,3)8-7-9(13-12-8)11(4,5)6/h7,9H,8H2,1-6H3;7-8H,9H2,1-6H3;8-9H,7H2,1-6H3;2*8H,7H2,1-6H3;7H,8H2,1-6H3;2*7H2,1-6H3. The molecule has 0 amide bonds. The van der Waals surface area contributed by atoms with Gasteiger partial charge in [-0.15, -0.1) is 0 Å². The van der Waals surface area contributed by atoms with Crippen LogP contribution < -0.4 is 0 Å². The van der Waals surface area contributed by atoms with E-state index < -0.39 is 0 Å². The molecule has 0 bridgehead atoms. The maximum Gasteiger partial charge on any atom is 0.0516 e. The van der Waals surface area contributed by atoms with Crippen molar-refractivity contribution in [1.29, 1.82) is 0 Å². The van der Waals surface area contributed by atoms with Gasteiger partial charge in [0.1, 0.15) is 0 Å². The van der Waals surface area contributed by atoms with Gasteiger partial charge in [0.25, 0.3) is 0 Å². The predicted molar refractivity (Wildman–Crippen MR) is 473 cm³/mol. The molecule has 5 aliphatic heterocycles. The number of aliphatic imine (C=N–C) groups is 3. The SMILES string of the molecule is CC(C)(C)C1=C(C(C)(C)C)N=CC1.CC(C)(C)C1=CC=C(C(C)(C)C)C1.CC(C)(C)C1=CCC(C(C)(C)C)=C1.CC(C)(C)C1=CCC(C(C)(C)C)=N1.CC(C)(C)C1=CCC=C1C(C)(C)C.CC(C)(C)C1=CN=C(C(C)(C)C)C1.CC(C)(C)C1=NN=C(C(C)(C)C)C1.CC(C)(C)C1=NN=C(C(C)(C)C)C1. The van der Waals surface area contributed by atoms with Crippen LogP contribution in [-0.4, -0.2) is 40.5 Å². The summed E-state index contributed by atoms with van der Waals surface area (Å²) in [5.74, 6) is 0. The Morgan fingerprint density at radius 2 is 0.606 bits per heavy atom. The van der Waals surface area contributed by atoms with Crippen molar-refractivity contribution in [3.63, 3.8) is 0 Å². The van der Waals surface area contributed by atoms with Crippen molar-refractivity contribution in [1.82, 2.24) is 0 Å². The van der Waals surface area contributed by atoms with E-state index >= 15 is 0 Å². The average molecular weight is 1430 g/mol. The van der Waals surface area contributed by atoms with Gasteiger partial charge in [0.2, 0.25) is 0 Å². The number of nitrogens with zero attached hydrogens (tertiary/aromatic N) is 7. The quantitative estimate of drug-likeness (QED) is 0.231. The van der Waals surface area contributed by atoms with Crippen molar-refractivity contribution in [2.24, 2.45) is 122 Å². The summed E-state index contributed by atoms with van der Waals surface area (Å²) >= 11 is 0. The molecule has 0 unspecified atom stereocenters. The van der Waals surface area contributed by atoms with Crippen molar-refractivity contribution in [3.8, 4) is 0 Å². The summed E-state index contributed by atoms with van der Waals surface area (Å²) in [6.07, 6.45) is 29.0. The predicted octanol–water partition coefficient (Wildman–Crippen LogP) is 31.0. The van der Waals surface area contributed by atoms with Crippen LogP contribution >= 0.6 is 0 Å². The molecule has 0 saturated carbocycles. The van der Waals surface area contributed by atoms with Crippen LogP contribution in [0.3, 0.4) is 0 Å². The van der Waals surface area contributed by atoms with E-state index in [9.17, 15) is 0 Å². The first-order chi connectivity index (χ1) is 45.7. The maximum absolute atomic E-state index is 4.71. The van der Waals surface area contributed by atoms with Crippen LogP contribution in [0.2, 0.25) is 0 Å². The molecule has 104 heavy (non-hydrogen) atoms. The van der Waals surface area contributed by atoms with E-state index in [1.165, 1.54) is 68.8 Å². The Labute approximate surface area is 647 Å². The summed E-state index contributed by atoms with van der Waals surface area (Å²) in [7, 11) is 0. The van der Waals surface area contributed by atoms with Crippen LogP contribution in [0.1, 0.15) is 384 Å². The first-order valence-electron chi connectivity index (χ1n) is 40.1. The molecule has 0 aromatic rings. The first kappa shape index (κ1) is 97.4. The minimum Gasteiger partial charge on any atom is -0.265 e. The van der Waals surface area contributed by atoms with Crippen LogP contribution in [0.25, 0.3) is 0 Å². The lowest BCUT2D eigenvalue weighted by molar-refractivity contribution is 0.443. The largest absolute Gasteiger partial charge is 0.265 e. The molecule has 0 atom stereocenters. The van der Waals surface area contributed by atoms with Crippen molar-refractivity contribution >= 4 is 40.5 Å². The van der Waals surface area contributed by atoms with Gasteiger partial charge in [-0.3, -0.25) is 15.0 Å². The van der Waals surface area contributed by atoms with Gasteiger partial charge in [0.05, 0.1) is 22.8 Å². The second kappa shape index (κ2) is 34.9. The molecule has 8 rings (SSSR count). The zero-order chi connectivity index (χ0) is 82.2. The highest BCUT2D eigenvalue weighted by Crippen LogP contribution is 2.46. The van der Waals surface area contributed by atoms with Gasteiger partial charge in [-0.1, -0.05) is 392 Å². The Morgan fingerprint density at radius 3 is 0.798 bits per heavy atom.